The number of amides is 1. The summed E-state index contributed by atoms with van der Waals surface area (Å²) in [6, 6.07) is 6.74. The number of hydrazone groups is 1. The van der Waals surface area contributed by atoms with Gasteiger partial charge in [0.15, 0.2) is 0 Å². The SMILES string of the molecule is C/C(=N/NC(=O)CC1(C)SCCS1)c1ccc(O)cc1. The number of benzene rings is 1. The summed E-state index contributed by atoms with van der Waals surface area (Å²) < 4.78 is -0.0218. The van der Waals surface area contributed by atoms with Gasteiger partial charge >= 0.3 is 0 Å². The molecular formula is C14H18N2O2S2. The summed E-state index contributed by atoms with van der Waals surface area (Å²) in [6.07, 6.45) is 0.467. The Morgan fingerprint density at radius 1 is 1.35 bits per heavy atom. The number of thioether (sulfide) groups is 2. The lowest BCUT2D eigenvalue weighted by Crippen LogP contribution is -2.26. The van der Waals surface area contributed by atoms with E-state index < -0.39 is 0 Å². The van der Waals surface area contributed by atoms with Crippen molar-refractivity contribution in [3.05, 3.63) is 29.8 Å². The summed E-state index contributed by atoms with van der Waals surface area (Å²) in [5.74, 6) is 2.36. The van der Waals surface area contributed by atoms with Gasteiger partial charge in [-0.25, -0.2) is 5.43 Å². The minimum absolute atomic E-state index is 0.0218. The number of hydrogen-bond donors (Lipinski definition) is 2. The van der Waals surface area contributed by atoms with E-state index in [0.717, 1.165) is 22.8 Å². The molecule has 1 heterocycles. The van der Waals surface area contributed by atoms with E-state index in [-0.39, 0.29) is 15.7 Å². The predicted octanol–water partition coefficient (Wildman–Crippen LogP) is 2.82. The molecule has 1 aromatic carbocycles. The smallest absolute Gasteiger partial charge is 0.242 e. The van der Waals surface area contributed by atoms with Crippen molar-refractivity contribution in [2.75, 3.05) is 11.5 Å². The maximum atomic E-state index is 11.9. The van der Waals surface area contributed by atoms with E-state index in [1.54, 1.807) is 24.3 Å². The van der Waals surface area contributed by atoms with E-state index in [0.29, 0.717) is 6.42 Å². The molecule has 0 aromatic heterocycles. The van der Waals surface area contributed by atoms with Gasteiger partial charge in [-0.15, -0.1) is 23.5 Å². The molecule has 20 heavy (non-hydrogen) atoms. The van der Waals surface area contributed by atoms with Crippen LogP contribution in [-0.2, 0) is 4.79 Å². The van der Waals surface area contributed by atoms with Crippen molar-refractivity contribution in [3.8, 4) is 5.75 Å². The van der Waals surface area contributed by atoms with Crippen molar-refractivity contribution in [3.63, 3.8) is 0 Å². The molecule has 0 aliphatic carbocycles. The third-order valence-corrected chi connectivity index (χ3v) is 6.31. The number of phenolic OH excluding ortho intramolecular Hbond substituents is 1. The number of phenols is 1. The van der Waals surface area contributed by atoms with Gasteiger partial charge in [-0.05, 0) is 43.7 Å². The summed E-state index contributed by atoms with van der Waals surface area (Å²) in [5.41, 5.74) is 4.20. The van der Waals surface area contributed by atoms with Crippen LogP contribution in [0.5, 0.6) is 5.75 Å². The zero-order chi connectivity index (χ0) is 14.6. The van der Waals surface area contributed by atoms with Crippen LogP contribution in [0.3, 0.4) is 0 Å². The molecule has 108 valence electrons. The number of rotatable bonds is 4. The van der Waals surface area contributed by atoms with Crippen LogP contribution in [0.2, 0.25) is 0 Å². The van der Waals surface area contributed by atoms with Crippen LogP contribution < -0.4 is 5.43 Å². The van der Waals surface area contributed by atoms with Gasteiger partial charge in [0.25, 0.3) is 0 Å². The monoisotopic (exact) mass is 310 g/mol. The molecule has 1 saturated heterocycles. The second-order valence-corrected chi connectivity index (χ2v) is 8.24. The lowest BCUT2D eigenvalue weighted by Gasteiger charge is -2.19. The Bertz CT molecular complexity index is 508. The minimum Gasteiger partial charge on any atom is -0.508 e. The largest absolute Gasteiger partial charge is 0.508 e. The van der Waals surface area contributed by atoms with Crippen molar-refractivity contribution in [2.24, 2.45) is 5.10 Å². The van der Waals surface area contributed by atoms with E-state index in [1.165, 1.54) is 0 Å². The molecule has 1 fully saturated rings. The van der Waals surface area contributed by atoms with Gasteiger partial charge in [0, 0.05) is 11.5 Å². The second-order valence-electron chi connectivity index (χ2n) is 4.79. The first kappa shape index (κ1) is 15.3. The lowest BCUT2D eigenvalue weighted by atomic mass is 10.1. The van der Waals surface area contributed by atoms with Gasteiger partial charge in [0.2, 0.25) is 5.91 Å². The van der Waals surface area contributed by atoms with Gasteiger partial charge in [0.1, 0.15) is 5.75 Å². The van der Waals surface area contributed by atoms with E-state index >= 15 is 0 Å². The molecule has 0 saturated carbocycles. The third-order valence-electron chi connectivity index (χ3n) is 3.01. The molecule has 0 spiro atoms. The van der Waals surface area contributed by atoms with Crippen LogP contribution in [0.15, 0.2) is 29.4 Å². The highest BCUT2D eigenvalue weighted by atomic mass is 32.2. The zero-order valence-electron chi connectivity index (χ0n) is 11.5. The van der Waals surface area contributed by atoms with Gasteiger partial charge in [-0.1, -0.05) is 0 Å². The molecule has 0 radical (unpaired) electrons. The van der Waals surface area contributed by atoms with Crippen LogP contribution in [0, 0.1) is 0 Å². The highest BCUT2D eigenvalue weighted by molar-refractivity contribution is 8.21. The topological polar surface area (TPSA) is 61.7 Å². The molecule has 1 amide bonds. The number of carbonyl (C=O) groups excluding carboxylic acids is 1. The van der Waals surface area contributed by atoms with Crippen LogP contribution in [0.1, 0.15) is 25.8 Å². The Kier molecular flexibility index (Phi) is 4.99. The fraction of sp³-hybridized carbons (Fsp3) is 0.429. The normalized spacial score (nSPS) is 18.0. The molecule has 1 aliphatic heterocycles. The Labute approximate surface area is 127 Å². The van der Waals surface area contributed by atoms with Crippen LogP contribution in [0.4, 0.5) is 0 Å². The van der Waals surface area contributed by atoms with Gasteiger partial charge in [-0.3, -0.25) is 4.79 Å². The van der Waals surface area contributed by atoms with Crippen molar-refractivity contribution in [2.45, 2.75) is 24.3 Å². The molecule has 0 bridgehead atoms. The summed E-state index contributed by atoms with van der Waals surface area (Å²) >= 11 is 3.66. The number of nitrogens with one attached hydrogen (secondary N) is 1. The fourth-order valence-electron chi connectivity index (χ4n) is 1.90. The number of hydrogen-bond acceptors (Lipinski definition) is 5. The van der Waals surface area contributed by atoms with Crippen molar-refractivity contribution in [1.29, 1.82) is 0 Å². The summed E-state index contributed by atoms with van der Waals surface area (Å²) in [7, 11) is 0. The van der Waals surface area contributed by atoms with Crippen molar-refractivity contribution in [1.82, 2.24) is 5.43 Å². The highest BCUT2D eigenvalue weighted by Gasteiger charge is 2.32. The first-order valence-corrected chi connectivity index (χ1v) is 8.36. The van der Waals surface area contributed by atoms with E-state index in [1.807, 2.05) is 30.4 Å². The van der Waals surface area contributed by atoms with Crippen LogP contribution >= 0.6 is 23.5 Å². The first-order valence-electron chi connectivity index (χ1n) is 6.39. The Hall–Kier alpha value is -1.14. The molecule has 2 N–H and O–H groups in total. The Balaban J connectivity index is 1.91. The van der Waals surface area contributed by atoms with Gasteiger partial charge in [0.05, 0.1) is 16.2 Å². The lowest BCUT2D eigenvalue weighted by molar-refractivity contribution is -0.121. The predicted molar refractivity (Wildman–Crippen MR) is 86.4 cm³/mol. The maximum absolute atomic E-state index is 11.9. The zero-order valence-corrected chi connectivity index (χ0v) is 13.2. The van der Waals surface area contributed by atoms with Crippen molar-refractivity contribution < 1.29 is 9.90 Å². The average Bonchev–Trinajstić information content (AvgIpc) is 2.83. The average molecular weight is 310 g/mol. The molecule has 2 rings (SSSR count). The first-order chi connectivity index (χ1) is 9.48. The number of carbonyl (C=O) groups is 1. The number of aromatic hydroxyl groups is 1. The minimum atomic E-state index is -0.0625. The molecular weight excluding hydrogens is 292 g/mol. The molecule has 0 atom stereocenters. The Morgan fingerprint density at radius 2 is 1.95 bits per heavy atom. The fourth-order valence-corrected chi connectivity index (χ4v) is 4.73. The van der Waals surface area contributed by atoms with E-state index in [4.69, 9.17) is 0 Å². The van der Waals surface area contributed by atoms with Gasteiger partial charge < -0.3 is 5.11 Å². The molecule has 1 aromatic rings. The molecule has 4 nitrogen and oxygen atoms in total. The van der Waals surface area contributed by atoms with Gasteiger partial charge in [-0.2, -0.15) is 5.10 Å². The molecule has 0 unspecified atom stereocenters. The highest BCUT2D eigenvalue weighted by Crippen LogP contribution is 2.45. The third kappa shape index (κ3) is 4.18. The quantitative estimate of drug-likeness (QED) is 0.663. The standard InChI is InChI=1S/C14H18N2O2S2/c1-10(11-3-5-12(17)6-4-11)15-16-13(18)9-14(2)19-7-8-20-14/h3-6,17H,7-9H2,1-2H3,(H,16,18)/b15-10-. The van der Waals surface area contributed by atoms with E-state index in [9.17, 15) is 9.90 Å². The summed E-state index contributed by atoms with van der Waals surface area (Å²) in [6.45, 7) is 3.93. The number of nitrogens with zero attached hydrogens (tertiary/aromatic N) is 1. The molecule has 6 heteroatoms. The Morgan fingerprint density at radius 3 is 2.55 bits per heavy atom. The maximum Gasteiger partial charge on any atom is 0.242 e. The second kappa shape index (κ2) is 6.54. The van der Waals surface area contributed by atoms with Crippen molar-refractivity contribution >= 4 is 35.1 Å². The van der Waals surface area contributed by atoms with E-state index in [2.05, 4.69) is 17.5 Å². The summed E-state index contributed by atoms with van der Waals surface area (Å²) in [4.78, 5) is 11.9. The summed E-state index contributed by atoms with van der Waals surface area (Å²) in [5, 5.41) is 13.3. The molecule has 1 aliphatic rings. The van der Waals surface area contributed by atoms with Crippen LogP contribution in [-0.4, -0.2) is 32.3 Å². The van der Waals surface area contributed by atoms with Crippen LogP contribution in [0.25, 0.3) is 0 Å².